The second kappa shape index (κ2) is 5.69. The molecule has 0 atom stereocenters. The molecule has 5 heteroatoms. The van der Waals surface area contributed by atoms with Crippen molar-refractivity contribution in [2.45, 2.75) is 33.1 Å². The molecule has 100 valence electrons. The van der Waals surface area contributed by atoms with Gasteiger partial charge in [0.05, 0.1) is 12.1 Å². The predicted molar refractivity (Wildman–Crippen MR) is 74.4 cm³/mol. The second-order valence-corrected chi connectivity index (χ2v) is 6.21. The molecule has 0 unspecified atom stereocenters. The van der Waals surface area contributed by atoms with Crippen molar-refractivity contribution >= 4 is 22.4 Å². The van der Waals surface area contributed by atoms with Crippen LogP contribution >= 0.6 is 11.3 Å². The molecule has 1 aliphatic rings. The van der Waals surface area contributed by atoms with E-state index >= 15 is 0 Å². The van der Waals surface area contributed by atoms with E-state index in [9.17, 15) is 4.79 Å². The fraction of sp³-hybridized carbons (Fsp3) is 0.692. The molecule has 1 aliphatic heterocycles. The molecule has 2 heterocycles. The van der Waals surface area contributed by atoms with Crippen molar-refractivity contribution in [3.63, 3.8) is 0 Å². The van der Waals surface area contributed by atoms with Crippen molar-refractivity contribution in [3.05, 3.63) is 11.1 Å². The minimum Gasteiger partial charge on any atom is -0.375 e. The van der Waals surface area contributed by atoms with Crippen LogP contribution in [-0.2, 0) is 11.2 Å². The summed E-state index contributed by atoms with van der Waals surface area (Å²) in [6.45, 7) is 6.31. The van der Waals surface area contributed by atoms with E-state index in [0.29, 0.717) is 11.6 Å². The van der Waals surface area contributed by atoms with E-state index in [1.54, 1.807) is 0 Å². The van der Waals surface area contributed by atoms with Gasteiger partial charge in [0.25, 0.3) is 0 Å². The lowest BCUT2D eigenvalue weighted by Gasteiger charge is -2.33. The van der Waals surface area contributed by atoms with Crippen LogP contribution in [0.25, 0.3) is 0 Å². The Morgan fingerprint density at radius 3 is 2.72 bits per heavy atom. The number of amides is 1. The number of carbonyl (C=O) groups excluding carboxylic acids is 1. The molecule has 0 radical (unpaired) electrons. The van der Waals surface area contributed by atoms with Crippen LogP contribution in [0.3, 0.4) is 0 Å². The van der Waals surface area contributed by atoms with Crippen molar-refractivity contribution in [3.8, 4) is 0 Å². The number of aromatic nitrogens is 1. The van der Waals surface area contributed by atoms with E-state index in [1.165, 1.54) is 11.3 Å². The predicted octanol–water partition coefficient (Wildman–Crippen LogP) is 2.16. The first-order valence-corrected chi connectivity index (χ1v) is 7.42. The summed E-state index contributed by atoms with van der Waals surface area (Å²) in [4.78, 5) is 18.2. The maximum atomic E-state index is 12.1. The monoisotopic (exact) mass is 267 g/mol. The van der Waals surface area contributed by atoms with Gasteiger partial charge in [-0.25, -0.2) is 4.98 Å². The highest BCUT2D eigenvalue weighted by Crippen LogP contribution is 2.24. The normalized spacial score (nSPS) is 17.4. The minimum absolute atomic E-state index is 0.183. The van der Waals surface area contributed by atoms with E-state index in [4.69, 9.17) is 5.73 Å². The van der Waals surface area contributed by atoms with Gasteiger partial charge in [-0.3, -0.25) is 4.79 Å². The van der Waals surface area contributed by atoms with Gasteiger partial charge in [0.1, 0.15) is 0 Å². The largest absolute Gasteiger partial charge is 0.375 e. The molecular weight excluding hydrogens is 246 g/mol. The standard InChI is InChI=1S/C13H21N3OS/c1-9(2)10-3-5-16(6-4-10)12(17)7-11-8-18-13(14)15-11/h8-10H,3-7H2,1-2H3,(H2,14,15). The highest BCUT2D eigenvalue weighted by Gasteiger charge is 2.24. The van der Waals surface area contributed by atoms with Crippen LogP contribution in [0, 0.1) is 11.8 Å². The number of thiazole rings is 1. The summed E-state index contributed by atoms with van der Waals surface area (Å²) in [5.41, 5.74) is 6.37. The molecular formula is C13H21N3OS. The summed E-state index contributed by atoms with van der Waals surface area (Å²) in [5, 5.41) is 2.41. The molecule has 1 aromatic rings. The van der Waals surface area contributed by atoms with Crippen molar-refractivity contribution in [2.24, 2.45) is 11.8 Å². The van der Waals surface area contributed by atoms with Gasteiger partial charge >= 0.3 is 0 Å². The molecule has 0 bridgehead atoms. The Labute approximate surface area is 112 Å². The van der Waals surface area contributed by atoms with Gasteiger partial charge in [0.15, 0.2) is 5.13 Å². The number of anilines is 1. The molecule has 1 saturated heterocycles. The van der Waals surface area contributed by atoms with Crippen LogP contribution in [0.1, 0.15) is 32.4 Å². The Morgan fingerprint density at radius 1 is 1.56 bits per heavy atom. The molecule has 0 aliphatic carbocycles. The van der Waals surface area contributed by atoms with E-state index in [-0.39, 0.29) is 5.91 Å². The number of hydrogen-bond donors (Lipinski definition) is 1. The first kappa shape index (κ1) is 13.3. The second-order valence-electron chi connectivity index (χ2n) is 5.32. The molecule has 4 nitrogen and oxygen atoms in total. The number of nitrogens with two attached hydrogens (primary N) is 1. The summed E-state index contributed by atoms with van der Waals surface area (Å²) in [5.74, 6) is 1.67. The van der Waals surface area contributed by atoms with Crippen molar-refractivity contribution in [1.29, 1.82) is 0 Å². The molecule has 1 aromatic heterocycles. The average Bonchev–Trinajstić information content (AvgIpc) is 2.75. The quantitative estimate of drug-likeness (QED) is 0.913. The molecule has 1 fully saturated rings. The van der Waals surface area contributed by atoms with Crippen LogP contribution < -0.4 is 5.73 Å². The molecule has 0 saturated carbocycles. The first-order chi connectivity index (χ1) is 8.56. The molecule has 1 amide bonds. The van der Waals surface area contributed by atoms with Crippen LogP contribution in [0.2, 0.25) is 0 Å². The van der Waals surface area contributed by atoms with Crippen LogP contribution in [-0.4, -0.2) is 28.9 Å². The van der Waals surface area contributed by atoms with E-state index in [0.717, 1.165) is 43.5 Å². The van der Waals surface area contributed by atoms with Gasteiger partial charge in [-0.2, -0.15) is 0 Å². The average molecular weight is 267 g/mol. The molecule has 18 heavy (non-hydrogen) atoms. The summed E-state index contributed by atoms with van der Waals surface area (Å²) in [6, 6.07) is 0. The van der Waals surface area contributed by atoms with Gasteiger partial charge in [-0.05, 0) is 24.7 Å². The zero-order valence-electron chi connectivity index (χ0n) is 11.1. The third kappa shape index (κ3) is 3.22. The Bertz CT molecular complexity index is 408. The number of nitrogens with zero attached hydrogens (tertiary/aromatic N) is 2. The third-order valence-electron chi connectivity index (χ3n) is 3.74. The van der Waals surface area contributed by atoms with Gasteiger partial charge in [0, 0.05) is 18.5 Å². The third-order valence-corrected chi connectivity index (χ3v) is 4.46. The molecule has 2 rings (SSSR count). The zero-order chi connectivity index (χ0) is 13.1. The smallest absolute Gasteiger partial charge is 0.228 e. The topological polar surface area (TPSA) is 59.2 Å². The lowest BCUT2D eigenvalue weighted by atomic mass is 9.86. The van der Waals surface area contributed by atoms with Crippen LogP contribution in [0.15, 0.2) is 5.38 Å². The summed E-state index contributed by atoms with van der Waals surface area (Å²) in [6.07, 6.45) is 2.64. The number of nitrogen functional groups attached to an aromatic ring is 1. The van der Waals surface area contributed by atoms with Gasteiger partial charge < -0.3 is 10.6 Å². The Balaban J connectivity index is 1.84. The van der Waals surface area contributed by atoms with Gasteiger partial charge in [0.2, 0.25) is 5.91 Å². The van der Waals surface area contributed by atoms with Crippen molar-refractivity contribution in [1.82, 2.24) is 9.88 Å². The molecule has 0 spiro atoms. The van der Waals surface area contributed by atoms with E-state index in [1.807, 2.05) is 10.3 Å². The fourth-order valence-corrected chi connectivity index (χ4v) is 3.05. The van der Waals surface area contributed by atoms with Crippen LogP contribution in [0.4, 0.5) is 5.13 Å². The SMILES string of the molecule is CC(C)C1CCN(C(=O)Cc2csc(N)n2)CC1. The first-order valence-electron chi connectivity index (χ1n) is 6.54. The highest BCUT2D eigenvalue weighted by atomic mass is 32.1. The number of rotatable bonds is 3. The van der Waals surface area contributed by atoms with Crippen molar-refractivity contribution < 1.29 is 4.79 Å². The summed E-state index contributed by atoms with van der Waals surface area (Å²) in [7, 11) is 0. The number of piperidine rings is 1. The number of carbonyl (C=O) groups is 1. The molecule has 0 aromatic carbocycles. The fourth-order valence-electron chi connectivity index (χ4n) is 2.49. The molecule has 2 N–H and O–H groups in total. The van der Waals surface area contributed by atoms with Crippen molar-refractivity contribution in [2.75, 3.05) is 18.8 Å². The maximum absolute atomic E-state index is 12.1. The number of likely N-dealkylation sites (tertiary alicyclic amines) is 1. The van der Waals surface area contributed by atoms with Gasteiger partial charge in [-0.1, -0.05) is 13.8 Å². The Morgan fingerprint density at radius 2 is 2.22 bits per heavy atom. The Hall–Kier alpha value is -1.10. The maximum Gasteiger partial charge on any atom is 0.228 e. The van der Waals surface area contributed by atoms with E-state index < -0.39 is 0 Å². The number of hydrogen-bond acceptors (Lipinski definition) is 4. The summed E-state index contributed by atoms with van der Waals surface area (Å²) >= 11 is 1.39. The van der Waals surface area contributed by atoms with Gasteiger partial charge in [-0.15, -0.1) is 11.3 Å². The lowest BCUT2D eigenvalue weighted by Crippen LogP contribution is -2.40. The summed E-state index contributed by atoms with van der Waals surface area (Å²) < 4.78 is 0. The highest BCUT2D eigenvalue weighted by molar-refractivity contribution is 7.13. The lowest BCUT2D eigenvalue weighted by molar-refractivity contribution is -0.132. The minimum atomic E-state index is 0.183. The van der Waals surface area contributed by atoms with Crippen LogP contribution in [0.5, 0.6) is 0 Å². The Kier molecular flexibility index (Phi) is 4.22. The van der Waals surface area contributed by atoms with E-state index in [2.05, 4.69) is 18.8 Å². The zero-order valence-corrected chi connectivity index (χ0v) is 11.9.